The molecule has 0 bridgehead atoms. The first-order chi connectivity index (χ1) is 18.5. The van der Waals surface area contributed by atoms with Crippen LogP contribution in [0, 0.1) is 28.6 Å². The van der Waals surface area contributed by atoms with E-state index < -0.39 is 88.7 Å². The molecule has 0 saturated heterocycles. The van der Waals surface area contributed by atoms with Crippen molar-refractivity contribution in [1.82, 2.24) is 0 Å². The number of allylic oxidation sites excluding steroid dienone is 4. The van der Waals surface area contributed by atoms with E-state index in [1.165, 1.54) is 12.2 Å². The number of esters is 1. The molecule has 0 unspecified atom stereocenters. The number of Topliss-reactive ketones (excluding diaryl/α,β-unsaturated/α-hetero) is 1. The molecule has 0 radical (unpaired) electrons. The number of rotatable bonds is 4. The maximum atomic E-state index is 16.9. The number of halogens is 1. The smallest absolute Gasteiger partial charge is 0.377 e. The Hall–Kier alpha value is -2.64. The summed E-state index contributed by atoms with van der Waals surface area (Å²) in [7, 11) is 0. The Morgan fingerprint density at radius 3 is 2.40 bits per heavy atom. The molecule has 3 saturated carbocycles. The summed E-state index contributed by atoms with van der Waals surface area (Å²) in [5.74, 6) is -4.90. The topological polar surface area (TPSA) is 202 Å². The first-order valence-corrected chi connectivity index (χ1v) is 13.3. The van der Waals surface area contributed by atoms with Gasteiger partial charge in [0.2, 0.25) is 5.76 Å². The predicted octanol–water partition coefficient (Wildman–Crippen LogP) is 0.488. The summed E-state index contributed by atoms with van der Waals surface area (Å²) in [5.41, 5.74) is -5.17. The van der Waals surface area contributed by atoms with E-state index in [1.54, 1.807) is 26.8 Å². The molecule has 0 amide bonds. The van der Waals surface area contributed by atoms with Crippen molar-refractivity contribution in [2.24, 2.45) is 28.6 Å². The van der Waals surface area contributed by atoms with Crippen LogP contribution in [0.1, 0.15) is 46.5 Å². The van der Waals surface area contributed by atoms with Crippen molar-refractivity contribution in [2.45, 2.75) is 76.0 Å². The number of hydrogen-bond acceptors (Lipinski definition) is 11. The fourth-order valence-electron chi connectivity index (χ4n) is 8.08. The summed E-state index contributed by atoms with van der Waals surface area (Å²) in [5, 5.41) is 67.0. The van der Waals surface area contributed by atoms with Crippen LogP contribution >= 0.6 is 0 Å². The van der Waals surface area contributed by atoms with Gasteiger partial charge >= 0.3 is 5.97 Å². The van der Waals surface area contributed by atoms with Crippen molar-refractivity contribution < 1.29 is 59.3 Å². The number of cyclic esters (lactones) is 1. The number of carbonyl (C=O) groups is 3. The van der Waals surface area contributed by atoms with Crippen molar-refractivity contribution in [3.05, 3.63) is 35.3 Å². The Kier molecular flexibility index (Phi) is 7.60. The number of ketones is 2. The van der Waals surface area contributed by atoms with Gasteiger partial charge in [0.1, 0.15) is 18.3 Å². The van der Waals surface area contributed by atoms with Crippen LogP contribution in [-0.2, 0) is 19.1 Å². The van der Waals surface area contributed by atoms with Crippen LogP contribution in [0.2, 0.25) is 0 Å². The molecule has 5 rings (SSSR count). The third kappa shape index (κ3) is 3.91. The zero-order valence-corrected chi connectivity index (χ0v) is 22.6. The molecule has 5 aliphatic rings. The van der Waals surface area contributed by atoms with Gasteiger partial charge in [0, 0.05) is 16.7 Å². The monoisotopic (exact) mass is 568 g/mol. The fraction of sp³-hybridized carbons (Fsp3) is 0.679. The highest BCUT2D eigenvalue weighted by Gasteiger charge is 2.75. The van der Waals surface area contributed by atoms with E-state index in [-0.39, 0.29) is 18.1 Å². The van der Waals surface area contributed by atoms with Gasteiger partial charge in [-0.05, 0) is 56.6 Å². The maximum absolute atomic E-state index is 16.9. The normalized spacial score (nSPS) is 44.5. The third-order valence-electron chi connectivity index (χ3n) is 10.3. The molecule has 4 aliphatic carbocycles. The SMILES string of the molecule is C[C@@H]1C[C@H]2[C@@H]3CCC4=CC(=O)C=C[C@]4(C)[C@@]3(F)[C@@H](O)C[C@]2(C)[C@@]1(O)C(=O)CO.O=C1O[C@H]([C@@H](O)CO)C(O)=C1O. The minimum atomic E-state index is -1.98. The molecule has 40 heavy (non-hydrogen) atoms. The minimum absolute atomic E-state index is 0.0676. The predicted molar refractivity (Wildman–Crippen MR) is 135 cm³/mol. The summed E-state index contributed by atoms with van der Waals surface area (Å²) in [6, 6.07) is 0. The lowest BCUT2D eigenvalue weighted by Crippen LogP contribution is -2.69. The summed E-state index contributed by atoms with van der Waals surface area (Å²) in [6.07, 6.45) is 1.66. The lowest BCUT2D eigenvalue weighted by molar-refractivity contribution is -0.219. The van der Waals surface area contributed by atoms with Crippen LogP contribution in [0.25, 0.3) is 0 Å². The first-order valence-electron chi connectivity index (χ1n) is 13.3. The van der Waals surface area contributed by atoms with Crippen molar-refractivity contribution in [3.63, 3.8) is 0 Å². The van der Waals surface area contributed by atoms with E-state index in [4.69, 9.17) is 20.4 Å². The van der Waals surface area contributed by atoms with Crippen LogP contribution in [-0.4, -0.2) is 96.1 Å². The molecular formula is C28H37FO11. The molecule has 7 N–H and O–H groups in total. The molecule has 222 valence electrons. The van der Waals surface area contributed by atoms with Crippen molar-refractivity contribution in [1.29, 1.82) is 0 Å². The van der Waals surface area contributed by atoms with Gasteiger partial charge in [0.15, 0.2) is 29.1 Å². The molecule has 10 atom stereocenters. The van der Waals surface area contributed by atoms with Gasteiger partial charge in [-0.25, -0.2) is 9.18 Å². The Morgan fingerprint density at radius 1 is 1.20 bits per heavy atom. The van der Waals surface area contributed by atoms with E-state index in [9.17, 15) is 29.7 Å². The van der Waals surface area contributed by atoms with E-state index >= 15 is 4.39 Å². The molecule has 0 aromatic heterocycles. The highest BCUT2D eigenvalue weighted by molar-refractivity contribution is 6.01. The van der Waals surface area contributed by atoms with Crippen molar-refractivity contribution >= 4 is 17.5 Å². The standard InChI is InChI=1S/C22H29FO5.C6H8O6/c1-12-8-16-15-5-4-13-9-14(25)6-7-19(13,2)21(15,23)17(26)10-20(16,3)22(12,28)18(27)11-24;7-1-2(8)5-3(9)4(10)6(11)12-5/h6-7,9,12,15-17,24,26,28H,4-5,8,10-11H2,1-3H3;2,5,7-10H,1H2/t12-,15+,16+,17+,19+,20+,21+,22+;2-,5+/m10/s1. The second kappa shape index (κ2) is 10.0. The van der Waals surface area contributed by atoms with Crippen LogP contribution in [0.4, 0.5) is 4.39 Å². The molecule has 11 nitrogen and oxygen atoms in total. The first kappa shape index (κ1) is 30.3. The van der Waals surface area contributed by atoms with E-state index in [2.05, 4.69) is 4.74 Å². The zero-order chi connectivity index (χ0) is 30.0. The third-order valence-corrected chi connectivity index (χ3v) is 10.3. The number of aliphatic hydroxyl groups excluding tert-OH is 6. The maximum Gasteiger partial charge on any atom is 0.377 e. The second-order valence-electron chi connectivity index (χ2n) is 12.1. The van der Waals surface area contributed by atoms with Gasteiger partial charge in [0.25, 0.3) is 0 Å². The second-order valence-corrected chi connectivity index (χ2v) is 12.1. The van der Waals surface area contributed by atoms with Crippen LogP contribution in [0.3, 0.4) is 0 Å². The van der Waals surface area contributed by atoms with Gasteiger partial charge in [-0.3, -0.25) is 9.59 Å². The molecule has 0 aromatic rings. The number of fused-ring (bicyclic) bond motifs is 5. The largest absolute Gasteiger partial charge is 0.505 e. The van der Waals surface area contributed by atoms with Crippen LogP contribution in [0.15, 0.2) is 35.3 Å². The number of aliphatic hydroxyl groups is 7. The Labute approximate surface area is 230 Å². The molecule has 12 heteroatoms. The quantitative estimate of drug-likeness (QED) is 0.233. The average molecular weight is 569 g/mol. The Bertz CT molecular complexity index is 1190. The number of alkyl halides is 1. The molecular weight excluding hydrogens is 531 g/mol. The Morgan fingerprint density at radius 2 is 1.85 bits per heavy atom. The molecule has 1 heterocycles. The molecule has 3 fully saturated rings. The minimum Gasteiger partial charge on any atom is -0.505 e. The summed E-state index contributed by atoms with van der Waals surface area (Å²) >= 11 is 0. The summed E-state index contributed by atoms with van der Waals surface area (Å²) in [4.78, 5) is 34.9. The average Bonchev–Trinajstić information content (AvgIpc) is 3.29. The molecule has 0 aromatic carbocycles. The van der Waals surface area contributed by atoms with Gasteiger partial charge < -0.3 is 40.5 Å². The number of ether oxygens (including phenoxy) is 1. The lowest BCUT2D eigenvalue weighted by Gasteiger charge is -2.62. The van der Waals surface area contributed by atoms with Gasteiger partial charge in [0.05, 0.1) is 12.7 Å². The van der Waals surface area contributed by atoms with Gasteiger partial charge in [-0.15, -0.1) is 0 Å². The van der Waals surface area contributed by atoms with E-state index in [0.29, 0.717) is 24.8 Å². The number of carbonyl (C=O) groups excluding carboxylic acids is 3. The zero-order valence-electron chi connectivity index (χ0n) is 22.6. The molecule has 0 spiro atoms. The number of hydrogen-bond donors (Lipinski definition) is 7. The summed E-state index contributed by atoms with van der Waals surface area (Å²) < 4.78 is 21.2. The van der Waals surface area contributed by atoms with Gasteiger partial charge in [-0.2, -0.15) is 0 Å². The molecule has 1 aliphatic heterocycles. The van der Waals surface area contributed by atoms with E-state index in [0.717, 1.165) is 0 Å². The van der Waals surface area contributed by atoms with E-state index in [1.807, 2.05) is 0 Å². The van der Waals surface area contributed by atoms with Crippen LogP contribution in [0.5, 0.6) is 0 Å². The highest BCUT2D eigenvalue weighted by Crippen LogP contribution is 2.70. The van der Waals surface area contributed by atoms with Crippen molar-refractivity contribution in [3.8, 4) is 0 Å². The lowest BCUT2D eigenvalue weighted by atomic mass is 9.44. The van der Waals surface area contributed by atoms with Crippen molar-refractivity contribution in [2.75, 3.05) is 13.2 Å². The highest BCUT2D eigenvalue weighted by atomic mass is 19.1. The Balaban J connectivity index is 0.000000259. The fourth-order valence-corrected chi connectivity index (χ4v) is 8.08. The summed E-state index contributed by atoms with van der Waals surface area (Å²) in [6.45, 7) is 3.81. The van der Waals surface area contributed by atoms with Gasteiger partial charge in [-0.1, -0.05) is 25.5 Å². The van der Waals surface area contributed by atoms with Crippen LogP contribution < -0.4 is 0 Å².